The molecule has 0 aliphatic carbocycles. The first-order chi connectivity index (χ1) is 17.9. The summed E-state index contributed by atoms with van der Waals surface area (Å²) in [5.41, 5.74) is 10.5. The lowest BCUT2D eigenvalue weighted by Crippen LogP contribution is -2.25. The lowest BCUT2D eigenvalue weighted by molar-refractivity contribution is 0.779. The van der Waals surface area contributed by atoms with Gasteiger partial charge < -0.3 is 14.5 Å². The smallest absolute Gasteiger partial charge is 0.148 e. The minimum absolute atomic E-state index is 0.0508. The first-order valence-electron chi connectivity index (χ1n) is 12.4. The first kappa shape index (κ1) is 18.5. The van der Waals surface area contributed by atoms with Gasteiger partial charge in [0.25, 0.3) is 0 Å². The van der Waals surface area contributed by atoms with Gasteiger partial charge in [-0.2, -0.15) is 0 Å². The van der Waals surface area contributed by atoms with Crippen molar-refractivity contribution in [3.05, 3.63) is 115 Å². The van der Waals surface area contributed by atoms with Crippen molar-refractivity contribution in [2.75, 3.05) is 5.32 Å². The number of benzene rings is 5. The summed E-state index contributed by atoms with van der Waals surface area (Å²) < 4.78 is 4.88. The maximum absolute atomic E-state index is 5.30. The van der Waals surface area contributed by atoms with E-state index in [1.165, 1.54) is 49.2 Å². The molecule has 4 nitrogen and oxygen atoms in total. The zero-order valence-electron chi connectivity index (χ0n) is 19.3. The highest BCUT2D eigenvalue weighted by Crippen LogP contribution is 2.49. The van der Waals surface area contributed by atoms with Crippen molar-refractivity contribution >= 4 is 60.7 Å². The average Bonchev–Trinajstić information content (AvgIpc) is 3.56. The molecule has 2 aliphatic rings. The predicted octanol–water partition coefficient (Wildman–Crippen LogP) is 7.95. The van der Waals surface area contributed by atoms with Crippen molar-refractivity contribution in [2.45, 2.75) is 6.17 Å². The van der Waals surface area contributed by atoms with Gasteiger partial charge in [-0.25, -0.2) is 4.99 Å². The van der Waals surface area contributed by atoms with E-state index in [1.807, 2.05) is 0 Å². The number of nitrogens with one attached hydrogen (secondary N) is 1. The van der Waals surface area contributed by atoms with Gasteiger partial charge in [-0.3, -0.25) is 0 Å². The van der Waals surface area contributed by atoms with Gasteiger partial charge in [-0.05, 0) is 42.5 Å². The van der Waals surface area contributed by atoms with E-state index in [2.05, 4.69) is 124 Å². The fraction of sp³-hybridized carbons (Fsp3) is 0.0312. The molecule has 0 spiro atoms. The third-order valence-corrected chi connectivity index (χ3v) is 7.85. The number of hydrogen-bond donors (Lipinski definition) is 1. The Hall–Kier alpha value is -4.83. The van der Waals surface area contributed by atoms with Crippen LogP contribution in [0.4, 0.5) is 11.4 Å². The van der Waals surface area contributed by atoms with Crippen LogP contribution in [-0.2, 0) is 0 Å². The summed E-state index contributed by atoms with van der Waals surface area (Å²) in [6.45, 7) is 0. The molecule has 7 aromatic rings. The molecule has 4 heteroatoms. The Morgan fingerprint density at radius 3 is 2.14 bits per heavy atom. The zero-order chi connectivity index (χ0) is 23.4. The van der Waals surface area contributed by atoms with Crippen molar-refractivity contribution in [2.24, 2.45) is 4.99 Å². The molecule has 1 unspecified atom stereocenters. The highest BCUT2D eigenvalue weighted by molar-refractivity contribution is 6.33. The van der Waals surface area contributed by atoms with Gasteiger partial charge in [-0.1, -0.05) is 66.7 Å². The summed E-state index contributed by atoms with van der Waals surface area (Å²) in [5, 5.41) is 8.92. The Morgan fingerprint density at radius 1 is 0.611 bits per heavy atom. The lowest BCUT2D eigenvalue weighted by atomic mass is 9.99. The van der Waals surface area contributed by atoms with E-state index in [1.54, 1.807) is 0 Å². The second-order valence-corrected chi connectivity index (χ2v) is 9.68. The Kier molecular flexibility index (Phi) is 3.30. The molecule has 0 fully saturated rings. The molecule has 0 saturated heterocycles. The fourth-order valence-corrected chi connectivity index (χ4v) is 6.44. The largest absolute Gasteiger partial charge is 0.358 e. The number of nitrogens with zero attached hydrogens (tertiary/aromatic N) is 3. The number of para-hydroxylation sites is 5. The van der Waals surface area contributed by atoms with Gasteiger partial charge in [0, 0.05) is 32.8 Å². The Bertz CT molecular complexity index is 2070. The van der Waals surface area contributed by atoms with E-state index in [-0.39, 0.29) is 6.17 Å². The third kappa shape index (κ3) is 2.13. The molecule has 2 aliphatic heterocycles. The van der Waals surface area contributed by atoms with Crippen LogP contribution in [0, 0.1) is 0 Å². The fourth-order valence-electron chi connectivity index (χ4n) is 6.44. The van der Waals surface area contributed by atoms with Crippen molar-refractivity contribution < 1.29 is 0 Å². The highest BCUT2D eigenvalue weighted by Gasteiger charge is 2.38. The summed E-state index contributed by atoms with van der Waals surface area (Å²) in [4.78, 5) is 5.30. The molecule has 0 saturated carbocycles. The van der Waals surface area contributed by atoms with E-state index >= 15 is 0 Å². The summed E-state index contributed by atoms with van der Waals surface area (Å²) >= 11 is 0. The van der Waals surface area contributed by atoms with E-state index in [4.69, 9.17) is 4.99 Å². The lowest BCUT2D eigenvalue weighted by Gasteiger charge is -2.25. The molecule has 168 valence electrons. The molecule has 5 aromatic carbocycles. The molecule has 0 bridgehead atoms. The maximum atomic E-state index is 5.30. The van der Waals surface area contributed by atoms with Crippen molar-refractivity contribution in [3.63, 3.8) is 0 Å². The molecule has 1 N–H and O–H groups in total. The quantitative estimate of drug-likeness (QED) is 0.265. The number of fused-ring (bicyclic) bond motifs is 11. The van der Waals surface area contributed by atoms with Crippen LogP contribution in [0.2, 0.25) is 0 Å². The maximum Gasteiger partial charge on any atom is 0.148 e. The number of aliphatic imine (C=N–C) groups is 1. The van der Waals surface area contributed by atoms with Crippen molar-refractivity contribution in [3.8, 4) is 5.69 Å². The van der Waals surface area contributed by atoms with Gasteiger partial charge in [0.1, 0.15) is 6.17 Å². The average molecular weight is 461 g/mol. The van der Waals surface area contributed by atoms with Crippen LogP contribution < -0.4 is 5.32 Å². The van der Waals surface area contributed by atoms with Gasteiger partial charge >= 0.3 is 0 Å². The molecule has 0 radical (unpaired) electrons. The summed E-state index contributed by atoms with van der Waals surface area (Å²) in [5.74, 6) is 0. The molecular formula is C32H20N4. The van der Waals surface area contributed by atoms with Crippen LogP contribution in [-0.4, -0.2) is 14.8 Å². The SMILES string of the molecule is c1ccc(-n2c3ccccc3c3cc4c5ccccc5n5c4c(c32)C2=Nc3ccccc3NC25)cc1. The Labute approximate surface area is 206 Å². The number of anilines is 1. The number of aromatic nitrogens is 2. The first-order valence-corrected chi connectivity index (χ1v) is 12.4. The molecule has 1 atom stereocenters. The molecule has 9 rings (SSSR count). The summed E-state index contributed by atoms with van der Waals surface area (Å²) in [6.07, 6.45) is -0.0508. The van der Waals surface area contributed by atoms with Gasteiger partial charge in [0.15, 0.2) is 0 Å². The Balaban J connectivity index is 1.56. The standard InChI is InChI=1S/C32H20N4/c1-2-10-19(11-3-1)35-26-16-8-4-12-20(26)22-18-23-21-13-5-9-17-27(21)36-31(23)28(30(22)35)29-32(36)34-25-15-7-6-14-24(25)33-29/h1-18,32,34H. The predicted molar refractivity (Wildman–Crippen MR) is 149 cm³/mol. The molecule has 0 amide bonds. The summed E-state index contributed by atoms with van der Waals surface area (Å²) in [6, 6.07) is 39.0. The minimum Gasteiger partial charge on any atom is -0.358 e. The van der Waals surface area contributed by atoms with Crippen LogP contribution >= 0.6 is 0 Å². The van der Waals surface area contributed by atoms with E-state index in [9.17, 15) is 0 Å². The van der Waals surface area contributed by atoms with Crippen molar-refractivity contribution in [1.82, 2.24) is 9.13 Å². The third-order valence-electron chi connectivity index (χ3n) is 7.85. The minimum atomic E-state index is -0.0508. The van der Waals surface area contributed by atoms with E-state index in [0.717, 1.165) is 22.8 Å². The normalized spacial score (nSPS) is 15.9. The zero-order valence-corrected chi connectivity index (χ0v) is 19.3. The van der Waals surface area contributed by atoms with Crippen molar-refractivity contribution in [1.29, 1.82) is 0 Å². The van der Waals surface area contributed by atoms with Crippen LogP contribution in [0.15, 0.2) is 114 Å². The highest BCUT2D eigenvalue weighted by atomic mass is 15.2. The van der Waals surface area contributed by atoms with E-state index in [0.29, 0.717) is 0 Å². The van der Waals surface area contributed by atoms with Crippen LogP contribution in [0.3, 0.4) is 0 Å². The van der Waals surface area contributed by atoms with Crippen LogP contribution in [0.25, 0.3) is 49.3 Å². The monoisotopic (exact) mass is 460 g/mol. The topological polar surface area (TPSA) is 34.2 Å². The molecule has 4 heterocycles. The number of rotatable bonds is 1. The van der Waals surface area contributed by atoms with Crippen LogP contribution in [0.5, 0.6) is 0 Å². The van der Waals surface area contributed by atoms with E-state index < -0.39 is 0 Å². The summed E-state index contributed by atoms with van der Waals surface area (Å²) in [7, 11) is 0. The Morgan fingerprint density at radius 2 is 1.28 bits per heavy atom. The van der Waals surface area contributed by atoms with Gasteiger partial charge in [0.05, 0.1) is 39.2 Å². The molecular weight excluding hydrogens is 440 g/mol. The second-order valence-electron chi connectivity index (χ2n) is 9.68. The van der Waals surface area contributed by atoms with Crippen LogP contribution in [0.1, 0.15) is 11.7 Å². The number of hydrogen-bond acceptors (Lipinski definition) is 2. The molecule has 36 heavy (non-hydrogen) atoms. The van der Waals surface area contributed by atoms with Gasteiger partial charge in [0.2, 0.25) is 0 Å². The van der Waals surface area contributed by atoms with Gasteiger partial charge in [-0.15, -0.1) is 0 Å². The molecule has 2 aromatic heterocycles. The second kappa shape index (κ2) is 6.43.